The highest BCUT2D eigenvalue weighted by Gasteiger charge is 2.56. The number of anilines is 1. The Labute approximate surface area is 170 Å². The van der Waals surface area contributed by atoms with Crippen LogP contribution < -0.4 is 14.4 Å². The van der Waals surface area contributed by atoms with Gasteiger partial charge in [-0.25, -0.2) is 4.90 Å². The molecule has 2 atom stereocenters. The Morgan fingerprint density at radius 3 is 2.43 bits per heavy atom. The molecule has 10 heteroatoms. The number of carbonyl (C=O) groups excluding carboxylic acids is 2. The maximum Gasteiger partial charge on any atom is 0.278 e. The molecular formula is C20H17N3O7. The summed E-state index contributed by atoms with van der Waals surface area (Å²) >= 11 is 0. The van der Waals surface area contributed by atoms with Crippen molar-refractivity contribution in [2.45, 2.75) is 13.0 Å². The van der Waals surface area contributed by atoms with Gasteiger partial charge in [0, 0.05) is 17.7 Å². The second-order valence-electron chi connectivity index (χ2n) is 6.79. The number of carbonyl (C=O) groups is 2. The van der Waals surface area contributed by atoms with Crippen molar-refractivity contribution in [1.29, 1.82) is 0 Å². The van der Waals surface area contributed by atoms with E-state index in [1.54, 1.807) is 25.1 Å². The number of methoxy groups -OCH3 is 2. The largest absolute Gasteiger partial charge is 0.493 e. The summed E-state index contributed by atoms with van der Waals surface area (Å²) in [5.41, 5.74) is 1.44. The molecule has 2 heterocycles. The molecule has 0 bridgehead atoms. The van der Waals surface area contributed by atoms with Crippen LogP contribution in [-0.4, -0.2) is 42.8 Å². The lowest BCUT2D eigenvalue weighted by Crippen LogP contribution is -2.33. The van der Waals surface area contributed by atoms with Crippen molar-refractivity contribution in [3.8, 4) is 11.5 Å². The smallest absolute Gasteiger partial charge is 0.278 e. The number of nitrogens with zero attached hydrogens (tertiary/aromatic N) is 3. The Kier molecular flexibility index (Phi) is 4.61. The molecule has 0 aliphatic carbocycles. The molecule has 2 aromatic rings. The molecule has 4 rings (SSSR count). The highest BCUT2D eigenvalue weighted by molar-refractivity contribution is 6.32. The van der Waals surface area contributed by atoms with E-state index < -0.39 is 28.8 Å². The van der Waals surface area contributed by atoms with Gasteiger partial charge in [0.25, 0.3) is 11.6 Å². The predicted molar refractivity (Wildman–Crippen MR) is 105 cm³/mol. The molecule has 2 amide bonds. The number of rotatable bonds is 5. The molecule has 0 N–H and O–H groups in total. The minimum Gasteiger partial charge on any atom is -0.493 e. The lowest BCUT2D eigenvalue weighted by Gasteiger charge is -2.17. The van der Waals surface area contributed by atoms with Crippen LogP contribution in [0, 0.1) is 23.0 Å². The average Bonchev–Trinajstić information content (AvgIpc) is 3.28. The quantitative estimate of drug-likeness (QED) is 0.420. The minimum absolute atomic E-state index is 0.126. The molecule has 1 fully saturated rings. The summed E-state index contributed by atoms with van der Waals surface area (Å²) in [6.07, 6.45) is -1.09. The first kappa shape index (κ1) is 19.4. The molecule has 2 aromatic carbocycles. The van der Waals surface area contributed by atoms with Crippen LogP contribution in [0.5, 0.6) is 11.5 Å². The predicted octanol–water partition coefficient (Wildman–Crippen LogP) is 2.21. The highest BCUT2D eigenvalue weighted by Crippen LogP contribution is 2.38. The summed E-state index contributed by atoms with van der Waals surface area (Å²) in [4.78, 5) is 42.8. The molecule has 0 radical (unpaired) electrons. The number of imide groups is 1. The number of benzene rings is 2. The van der Waals surface area contributed by atoms with Crippen LogP contribution in [0.25, 0.3) is 0 Å². The van der Waals surface area contributed by atoms with Crippen molar-refractivity contribution in [2.75, 3.05) is 19.1 Å². The number of oxime groups is 1. The molecule has 0 spiro atoms. The number of nitro benzene ring substituents is 1. The van der Waals surface area contributed by atoms with Gasteiger partial charge in [-0.2, -0.15) is 0 Å². The maximum absolute atomic E-state index is 13.2. The lowest BCUT2D eigenvalue weighted by atomic mass is 9.94. The first-order valence-electron chi connectivity index (χ1n) is 8.96. The van der Waals surface area contributed by atoms with Crippen LogP contribution in [-0.2, 0) is 14.4 Å². The van der Waals surface area contributed by atoms with Crippen molar-refractivity contribution in [3.63, 3.8) is 0 Å². The number of nitro groups is 1. The summed E-state index contributed by atoms with van der Waals surface area (Å²) < 4.78 is 10.5. The zero-order valence-corrected chi connectivity index (χ0v) is 16.3. The second kappa shape index (κ2) is 7.14. The van der Waals surface area contributed by atoms with Crippen molar-refractivity contribution in [3.05, 3.63) is 57.6 Å². The fraction of sp³-hybridized carbons (Fsp3) is 0.250. The van der Waals surface area contributed by atoms with Crippen LogP contribution in [0.3, 0.4) is 0 Å². The third-order valence-corrected chi connectivity index (χ3v) is 5.12. The fourth-order valence-corrected chi connectivity index (χ4v) is 3.65. The highest BCUT2D eigenvalue weighted by atomic mass is 16.7. The maximum atomic E-state index is 13.2. The number of ether oxygens (including phenoxy) is 2. The van der Waals surface area contributed by atoms with Gasteiger partial charge in [-0.1, -0.05) is 5.16 Å². The van der Waals surface area contributed by atoms with Gasteiger partial charge in [-0.3, -0.25) is 19.7 Å². The number of aryl methyl sites for hydroxylation is 1. The normalized spacial score (nSPS) is 20.0. The molecule has 10 nitrogen and oxygen atoms in total. The first-order valence-corrected chi connectivity index (χ1v) is 8.96. The van der Waals surface area contributed by atoms with E-state index in [1.165, 1.54) is 32.4 Å². The zero-order chi connectivity index (χ0) is 21.6. The van der Waals surface area contributed by atoms with E-state index in [0.29, 0.717) is 28.3 Å². The SMILES string of the molecule is COc1ccc(C2=NO[C@@H]3C(=O)N(c4ccc([N+](=O)[O-])cc4C)C(=O)[C@H]23)cc1OC. The molecular weight excluding hydrogens is 394 g/mol. The summed E-state index contributed by atoms with van der Waals surface area (Å²) in [7, 11) is 2.99. The Bertz CT molecular complexity index is 1110. The van der Waals surface area contributed by atoms with Gasteiger partial charge >= 0.3 is 0 Å². The van der Waals surface area contributed by atoms with E-state index in [2.05, 4.69) is 5.16 Å². The number of non-ortho nitro benzene ring substituents is 1. The van der Waals surface area contributed by atoms with Crippen LogP contribution in [0.15, 0.2) is 41.6 Å². The van der Waals surface area contributed by atoms with E-state index in [9.17, 15) is 19.7 Å². The van der Waals surface area contributed by atoms with Crippen molar-refractivity contribution < 1.29 is 28.8 Å². The molecule has 0 saturated carbocycles. The van der Waals surface area contributed by atoms with E-state index in [4.69, 9.17) is 14.3 Å². The molecule has 30 heavy (non-hydrogen) atoms. The summed E-state index contributed by atoms with van der Waals surface area (Å²) in [5, 5.41) is 14.9. The van der Waals surface area contributed by atoms with Gasteiger partial charge in [-0.05, 0) is 36.8 Å². The molecule has 0 aromatic heterocycles. The van der Waals surface area contributed by atoms with Gasteiger partial charge in [0.05, 0.1) is 24.8 Å². The number of amides is 2. The van der Waals surface area contributed by atoms with E-state index >= 15 is 0 Å². The standard InChI is InChI=1S/C20H17N3O7/c1-10-8-12(23(26)27)5-6-13(10)22-19(24)16-17(21-30-18(16)20(22)25)11-4-7-14(28-2)15(9-11)29-3/h4-9,16,18H,1-3H3/t16-,18+/m1/s1. The van der Waals surface area contributed by atoms with E-state index in [0.717, 1.165) is 4.90 Å². The molecule has 2 aliphatic rings. The van der Waals surface area contributed by atoms with Gasteiger partial charge in [-0.15, -0.1) is 0 Å². The van der Waals surface area contributed by atoms with Gasteiger partial charge in [0.1, 0.15) is 11.6 Å². The van der Waals surface area contributed by atoms with Crippen molar-refractivity contribution in [2.24, 2.45) is 11.1 Å². The summed E-state index contributed by atoms with van der Waals surface area (Å²) in [6.45, 7) is 1.60. The molecule has 1 saturated heterocycles. The minimum atomic E-state index is -1.09. The second-order valence-corrected chi connectivity index (χ2v) is 6.79. The van der Waals surface area contributed by atoms with Crippen molar-refractivity contribution in [1.82, 2.24) is 0 Å². The summed E-state index contributed by atoms with van der Waals surface area (Å²) in [5.74, 6) is -1.05. The number of hydrogen-bond acceptors (Lipinski definition) is 8. The van der Waals surface area contributed by atoms with Gasteiger partial charge < -0.3 is 14.3 Å². The van der Waals surface area contributed by atoms with Crippen LogP contribution in [0.4, 0.5) is 11.4 Å². The van der Waals surface area contributed by atoms with Gasteiger partial charge in [0.2, 0.25) is 12.0 Å². The topological polar surface area (TPSA) is 121 Å². The Hall–Kier alpha value is -3.95. The Balaban J connectivity index is 1.69. The molecule has 2 aliphatic heterocycles. The first-order chi connectivity index (χ1) is 14.4. The van der Waals surface area contributed by atoms with E-state index in [-0.39, 0.29) is 11.4 Å². The Morgan fingerprint density at radius 1 is 1.07 bits per heavy atom. The van der Waals surface area contributed by atoms with E-state index in [1.807, 2.05) is 0 Å². The van der Waals surface area contributed by atoms with Gasteiger partial charge in [0.15, 0.2) is 11.5 Å². The lowest BCUT2D eigenvalue weighted by molar-refractivity contribution is -0.384. The zero-order valence-electron chi connectivity index (χ0n) is 16.3. The third-order valence-electron chi connectivity index (χ3n) is 5.12. The average molecular weight is 411 g/mol. The van der Waals surface area contributed by atoms with Crippen LogP contribution >= 0.6 is 0 Å². The Morgan fingerprint density at radius 2 is 1.80 bits per heavy atom. The van der Waals surface area contributed by atoms with Crippen LogP contribution in [0.2, 0.25) is 0 Å². The third kappa shape index (κ3) is 2.84. The summed E-state index contributed by atoms with van der Waals surface area (Å²) in [6, 6.07) is 8.97. The molecule has 0 unspecified atom stereocenters. The van der Waals surface area contributed by atoms with Crippen molar-refractivity contribution >= 4 is 28.9 Å². The molecule has 154 valence electrons. The number of fused-ring (bicyclic) bond motifs is 1. The number of hydrogen-bond donors (Lipinski definition) is 0. The fourth-order valence-electron chi connectivity index (χ4n) is 3.65. The van der Waals surface area contributed by atoms with Crippen LogP contribution in [0.1, 0.15) is 11.1 Å². The monoisotopic (exact) mass is 411 g/mol.